The van der Waals surface area contributed by atoms with Crippen molar-refractivity contribution in [3.8, 4) is 0 Å². The van der Waals surface area contributed by atoms with Gasteiger partial charge in [0.2, 0.25) is 5.91 Å². The third-order valence-electron chi connectivity index (χ3n) is 4.55. The number of nitrogens with one attached hydrogen (secondary N) is 1. The number of carbonyl (C=O) groups excluding carboxylic acids is 1. The molecule has 2 fully saturated rings. The smallest absolute Gasteiger partial charge is 0.220 e. The van der Waals surface area contributed by atoms with Crippen molar-refractivity contribution in [3.63, 3.8) is 0 Å². The predicted molar refractivity (Wildman–Crippen MR) is 77.9 cm³/mol. The number of likely N-dealkylation sites (tertiary alicyclic amines) is 1. The van der Waals surface area contributed by atoms with E-state index >= 15 is 0 Å². The summed E-state index contributed by atoms with van der Waals surface area (Å²) in [6.45, 7) is 4.23. The van der Waals surface area contributed by atoms with Gasteiger partial charge in [0.25, 0.3) is 0 Å². The molecule has 1 aliphatic carbocycles. The average Bonchev–Trinajstić information content (AvgIpc) is 2.90. The molecule has 2 unspecified atom stereocenters. The van der Waals surface area contributed by atoms with E-state index < -0.39 is 0 Å². The zero-order valence-electron chi connectivity index (χ0n) is 12.1. The van der Waals surface area contributed by atoms with Gasteiger partial charge in [-0.2, -0.15) is 0 Å². The molecule has 1 saturated carbocycles. The first-order valence-electron chi connectivity index (χ1n) is 7.98. The maximum Gasteiger partial charge on any atom is 0.220 e. The molecule has 4 nitrogen and oxygen atoms in total. The molecule has 1 heterocycles. The molecule has 3 N–H and O–H groups in total. The van der Waals surface area contributed by atoms with Crippen molar-refractivity contribution < 1.29 is 4.79 Å². The minimum atomic E-state index is 0.221. The van der Waals surface area contributed by atoms with Crippen LogP contribution in [-0.4, -0.2) is 43.0 Å². The van der Waals surface area contributed by atoms with Crippen LogP contribution in [-0.2, 0) is 4.79 Å². The molecule has 1 saturated heterocycles. The Morgan fingerprint density at radius 3 is 2.74 bits per heavy atom. The summed E-state index contributed by atoms with van der Waals surface area (Å²) in [5.41, 5.74) is 5.98. The topological polar surface area (TPSA) is 58.4 Å². The molecule has 1 amide bonds. The summed E-state index contributed by atoms with van der Waals surface area (Å²) in [5, 5.41) is 3.05. The zero-order chi connectivity index (χ0) is 13.5. The highest BCUT2D eigenvalue weighted by molar-refractivity contribution is 5.75. The van der Waals surface area contributed by atoms with Gasteiger partial charge in [-0.05, 0) is 51.1 Å². The molecule has 0 aromatic heterocycles. The Hall–Kier alpha value is -0.610. The molecule has 0 aromatic rings. The van der Waals surface area contributed by atoms with Crippen molar-refractivity contribution in [2.75, 3.05) is 26.2 Å². The van der Waals surface area contributed by atoms with E-state index in [-0.39, 0.29) is 5.91 Å². The van der Waals surface area contributed by atoms with Crippen molar-refractivity contribution in [2.24, 2.45) is 11.7 Å². The first-order chi connectivity index (χ1) is 9.24. The van der Waals surface area contributed by atoms with E-state index in [1.165, 1.54) is 45.2 Å². The highest BCUT2D eigenvalue weighted by Crippen LogP contribution is 2.26. The Morgan fingerprint density at radius 1 is 1.21 bits per heavy atom. The van der Waals surface area contributed by atoms with Crippen LogP contribution in [0.1, 0.15) is 51.4 Å². The molecule has 0 spiro atoms. The van der Waals surface area contributed by atoms with Crippen LogP contribution in [0.4, 0.5) is 0 Å². The van der Waals surface area contributed by atoms with Crippen molar-refractivity contribution >= 4 is 5.91 Å². The third kappa shape index (κ3) is 5.49. The fourth-order valence-electron chi connectivity index (χ4n) is 3.38. The van der Waals surface area contributed by atoms with E-state index in [4.69, 9.17) is 5.73 Å². The Labute approximate surface area is 117 Å². The maximum atomic E-state index is 11.8. The van der Waals surface area contributed by atoms with E-state index in [0.717, 1.165) is 25.9 Å². The number of rotatable bonds is 6. The quantitative estimate of drug-likeness (QED) is 0.766. The van der Waals surface area contributed by atoms with E-state index in [9.17, 15) is 4.79 Å². The van der Waals surface area contributed by atoms with Crippen molar-refractivity contribution in [2.45, 2.75) is 57.4 Å². The fourth-order valence-corrected chi connectivity index (χ4v) is 3.38. The first kappa shape index (κ1) is 14.8. The summed E-state index contributed by atoms with van der Waals surface area (Å²) in [4.78, 5) is 14.2. The molecule has 0 bridgehead atoms. The maximum absolute atomic E-state index is 11.8. The van der Waals surface area contributed by atoms with Crippen LogP contribution < -0.4 is 11.1 Å². The molecule has 0 aromatic carbocycles. The van der Waals surface area contributed by atoms with Gasteiger partial charge in [0.1, 0.15) is 0 Å². The monoisotopic (exact) mass is 267 g/mol. The molecule has 19 heavy (non-hydrogen) atoms. The second-order valence-corrected chi connectivity index (χ2v) is 6.23. The summed E-state index contributed by atoms with van der Waals surface area (Å²) >= 11 is 0. The lowest BCUT2D eigenvalue weighted by Gasteiger charge is -2.26. The molecular formula is C15H29N3O. The lowest BCUT2D eigenvalue weighted by Crippen LogP contribution is -2.34. The van der Waals surface area contributed by atoms with E-state index in [1.54, 1.807) is 0 Å². The molecule has 0 radical (unpaired) electrons. The van der Waals surface area contributed by atoms with Crippen LogP contribution in [0.5, 0.6) is 0 Å². The van der Waals surface area contributed by atoms with E-state index in [2.05, 4.69) is 10.2 Å². The predicted octanol–water partition coefficient (Wildman–Crippen LogP) is 1.50. The van der Waals surface area contributed by atoms with Crippen molar-refractivity contribution in [1.29, 1.82) is 0 Å². The van der Waals surface area contributed by atoms with Gasteiger partial charge in [-0.3, -0.25) is 4.79 Å². The highest BCUT2D eigenvalue weighted by Gasteiger charge is 2.19. The molecule has 110 valence electrons. The van der Waals surface area contributed by atoms with Gasteiger partial charge < -0.3 is 16.0 Å². The average molecular weight is 267 g/mol. The van der Waals surface area contributed by atoms with Crippen LogP contribution >= 0.6 is 0 Å². The summed E-state index contributed by atoms with van der Waals surface area (Å²) in [5.74, 6) is 0.895. The fraction of sp³-hybridized carbons (Fsp3) is 0.933. The number of hydrogen-bond acceptors (Lipinski definition) is 3. The summed E-state index contributed by atoms with van der Waals surface area (Å²) in [6.07, 6.45) is 9.10. The highest BCUT2D eigenvalue weighted by atomic mass is 16.1. The van der Waals surface area contributed by atoms with Gasteiger partial charge >= 0.3 is 0 Å². The Bertz CT molecular complexity index is 277. The summed E-state index contributed by atoms with van der Waals surface area (Å²) in [7, 11) is 0. The van der Waals surface area contributed by atoms with Gasteiger partial charge in [-0.25, -0.2) is 0 Å². The zero-order valence-corrected chi connectivity index (χ0v) is 12.1. The summed E-state index contributed by atoms with van der Waals surface area (Å²) < 4.78 is 0. The second-order valence-electron chi connectivity index (χ2n) is 6.23. The largest absolute Gasteiger partial charge is 0.355 e. The van der Waals surface area contributed by atoms with Gasteiger partial charge in [-0.1, -0.05) is 12.8 Å². The number of amides is 1. The van der Waals surface area contributed by atoms with E-state index in [1.807, 2.05) is 0 Å². The summed E-state index contributed by atoms with van der Waals surface area (Å²) in [6, 6.07) is 0.372. The number of nitrogens with zero attached hydrogens (tertiary/aromatic N) is 1. The molecule has 1 aliphatic heterocycles. The van der Waals surface area contributed by atoms with Gasteiger partial charge in [0.15, 0.2) is 0 Å². The lowest BCUT2D eigenvalue weighted by molar-refractivity contribution is -0.121. The molecule has 2 rings (SSSR count). The first-order valence-corrected chi connectivity index (χ1v) is 7.98. The minimum absolute atomic E-state index is 0.221. The third-order valence-corrected chi connectivity index (χ3v) is 4.55. The molecule has 4 heteroatoms. The Morgan fingerprint density at radius 2 is 2.00 bits per heavy atom. The minimum Gasteiger partial charge on any atom is -0.355 e. The lowest BCUT2D eigenvalue weighted by atomic mass is 9.83. The van der Waals surface area contributed by atoms with Crippen LogP contribution in [0.15, 0.2) is 0 Å². The normalized spacial score (nSPS) is 28.5. The van der Waals surface area contributed by atoms with Crippen LogP contribution in [0.25, 0.3) is 0 Å². The molecule has 2 atom stereocenters. The standard InChI is InChI=1S/C15H29N3O/c16-14-5-3-4-13(12-14)6-7-15(19)17-8-11-18-9-1-2-10-18/h13-14H,1-12,16H2,(H,17,19). The van der Waals surface area contributed by atoms with Gasteiger partial charge in [-0.15, -0.1) is 0 Å². The second kappa shape index (κ2) is 7.85. The van der Waals surface area contributed by atoms with Crippen LogP contribution in [0.3, 0.4) is 0 Å². The number of hydrogen-bond donors (Lipinski definition) is 2. The number of nitrogens with two attached hydrogens (primary N) is 1. The van der Waals surface area contributed by atoms with Crippen molar-refractivity contribution in [1.82, 2.24) is 10.2 Å². The van der Waals surface area contributed by atoms with Crippen LogP contribution in [0, 0.1) is 5.92 Å². The molecule has 2 aliphatic rings. The Balaban J connectivity index is 1.51. The van der Waals surface area contributed by atoms with Crippen molar-refractivity contribution in [3.05, 3.63) is 0 Å². The van der Waals surface area contributed by atoms with Gasteiger partial charge in [0, 0.05) is 25.6 Å². The van der Waals surface area contributed by atoms with Gasteiger partial charge in [0.05, 0.1) is 0 Å². The van der Waals surface area contributed by atoms with E-state index in [0.29, 0.717) is 18.4 Å². The SMILES string of the molecule is NC1CCCC(CCC(=O)NCCN2CCCC2)C1. The van der Waals surface area contributed by atoms with Crippen LogP contribution in [0.2, 0.25) is 0 Å². The Kier molecular flexibility index (Phi) is 6.11. The molecular weight excluding hydrogens is 238 g/mol. The number of carbonyl (C=O) groups is 1.